The summed E-state index contributed by atoms with van der Waals surface area (Å²) in [5, 5.41) is 0.916. The molecule has 5 nitrogen and oxygen atoms in total. The van der Waals surface area contributed by atoms with Gasteiger partial charge in [0.1, 0.15) is 0 Å². The maximum atomic E-state index is 11.3. The fourth-order valence-electron chi connectivity index (χ4n) is 2.73. The molecule has 0 fully saturated rings. The Hall–Kier alpha value is -2.79. The van der Waals surface area contributed by atoms with Gasteiger partial charge in [0.15, 0.2) is 17.9 Å². The summed E-state index contributed by atoms with van der Waals surface area (Å²) < 4.78 is 21.6. The van der Waals surface area contributed by atoms with Crippen molar-refractivity contribution in [2.75, 3.05) is 20.3 Å². The zero-order valence-electron chi connectivity index (χ0n) is 14.9. The van der Waals surface area contributed by atoms with Crippen molar-refractivity contribution in [3.63, 3.8) is 0 Å². The molecule has 0 aliphatic rings. The van der Waals surface area contributed by atoms with Crippen LogP contribution in [-0.4, -0.2) is 26.3 Å². The van der Waals surface area contributed by atoms with Crippen molar-refractivity contribution in [3.8, 4) is 5.75 Å². The molecule has 3 rings (SSSR count). The van der Waals surface area contributed by atoms with Crippen molar-refractivity contribution in [1.29, 1.82) is 0 Å². The molecule has 0 saturated heterocycles. The summed E-state index contributed by atoms with van der Waals surface area (Å²) in [6, 6.07) is 15.9. The molecule has 1 atom stereocenters. The van der Waals surface area contributed by atoms with E-state index in [9.17, 15) is 4.79 Å². The van der Waals surface area contributed by atoms with E-state index < -0.39 is 5.97 Å². The Labute approximate surface area is 152 Å². The molecule has 0 aliphatic carbocycles. The largest absolute Gasteiger partial charge is 0.478 e. The van der Waals surface area contributed by atoms with Crippen molar-refractivity contribution >= 4 is 16.9 Å². The minimum Gasteiger partial charge on any atom is -0.478 e. The van der Waals surface area contributed by atoms with Crippen LogP contribution in [0.2, 0.25) is 0 Å². The van der Waals surface area contributed by atoms with Gasteiger partial charge in [0.25, 0.3) is 0 Å². The molecule has 1 aromatic heterocycles. The van der Waals surface area contributed by atoms with E-state index >= 15 is 0 Å². The second kappa shape index (κ2) is 8.54. The first-order valence-corrected chi connectivity index (χ1v) is 8.50. The number of para-hydroxylation sites is 1. The molecule has 0 N–H and O–H groups in total. The number of esters is 1. The number of hydrogen-bond donors (Lipinski definition) is 0. The lowest BCUT2D eigenvalue weighted by molar-refractivity contribution is -0.142. The second-order valence-electron chi connectivity index (χ2n) is 6.09. The molecule has 3 aromatic rings. The van der Waals surface area contributed by atoms with E-state index in [0.29, 0.717) is 30.5 Å². The van der Waals surface area contributed by atoms with Crippen LogP contribution in [-0.2, 0) is 20.9 Å². The number of ether oxygens (including phenoxy) is 3. The van der Waals surface area contributed by atoms with E-state index in [4.69, 9.17) is 13.9 Å². The van der Waals surface area contributed by atoms with E-state index in [1.807, 2.05) is 30.3 Å². The molecular formula is C21H22O5. The van der Waals surface area contributed by atoms with Crippen LogP contribution in [0.1, 0.15) is 24.0 Å². The van der Waals surface area contributed by atoms with Gasteiger partial charge in [-0.15, -0.1) is 0 Å². The zero-order valence-corrected chi connectivity index (χ0v) is 14.9. The normalized spacial score (nSPS) is 12.1. The molecule has 0 bridgehead atoms. The fraction of sp³-hybridized carbons (Fsp3) is 0.286. The van der Waals surface area contributed by atoms with Gasteiger partial charge in [0, 0.05) is 16.9 Å². The highest BCUT2D eigenvalue weighted by Gasteiger charge is 2.13. The van der Waals surface area contributed by atoms with E-state index in [1.165, 1.54) is 12.7 Å². The smallest absolute Gasteiger partial charge is 0.343 e. The number of furan rings is 1. The number of fused-ring (bicyclic) bond motifs is 1. The van der Waals surface area contributed by atoms with Crippen molar-refractivity contribution in [1.82, 2.24) is 0 Å². The van der Waals surface area contributed by atoms with Crippen LogP contribution < -0.4 is 4.74 Å². The number of rotatable bonds is 8. The highest BCUT2D eigenvalue weighted by molar-refractivity contribution is 5.86. The zero-order chi connectivity index (χ0) is 18.4. The summed E-state index contributed by atoms with van der Waals surface area (Å²) in [6.45, 7) is 3.05. The average molecular weight is 354 g/mol. The molecule has 0 radical (unpaired) electrons. The quantitative estimate of drug-likeness (QED) is 0.564. The van der Waals surface area contributed by atoms with Crippen molar-refractivity contribution < 1.29 is 23.4 Å². The van der Waals surface area contributed by atoms with Gasteiger partial charge in [-0.25, -0.2) is 4.79 Å². The number of carbonyl (C=O) groups is 1. The molecule has 0 aliphatic heterocycles. The number of hydrogen-bond acceptors (Lipinski definition) is 5. The maximum absolute atomic E-state index is 11.3. The number of carbonyl (C=O) groups excluding carboxylic acids is 1. The van der Waals surface area contributed by atoms with Gasteiger partial charge in [-0.1, -0.05) is 49.4 Å². The summed E-state index contributed by atoms with van der Waals surface area (Å²) >= 11 is 0. The van der Waals surface area contributed by atoms with E-state index in [-0.39, 0.29) is 6.61 Å². The molecular weight excluding hydrogens is 332 g/mol. The van der Waals surface area contributed by atoms with Gasteiger partial charge in [-0.2, -0.15) is 0 Å². The molecule has 0 saturated carbocycles. The van der Waals surface area contributed by atoms with E-state index in [1.54, 1.807) is 12.3 Å². The van der Waals surface area contributed by atoms with Crippen molar-refractivity contribution in [3.05, 3.63) is 65.9 Å². The van der Waals surface area contributed by atoms with E-state index in [2.05, 4.69) is 23.8 Å². The molecule has 1 heterocycles. The lowest BCUT2D eigenvalue weighted by Crippen LogP contribution is -2.12. The predicted molar refractivity (Wildman–Crippen MR) is 98.2 cm³/mol. The van der Waals surface area contributed by atoms with Crippen LogP contribution in [0.25, 0.3) is 11.0 Å². The lowest BCUT2D eigenvalue weighted by Gasteiger charge is -2.12. The Morgan fingerprint density at radius 1 is 1.12 bits per heavy atom. The Bertz CT molecular complexity index is 853. The summed E-state index contributed by atoms with van der Waals surface area (Å²) in [4.78, 5) is 11.3. The first kappa shape index (κ1) is 18.0. The summed E-state index contributed by atoms with van der Waals surface area (Å²) in [5.74, 6) is 0.386. The lowest BCUT2D eigenvalue weighted by atomic mass is 10.0. The Kier molecular flexibility index (Phi) is 5.92. The molecule has 5 heteroatoms. The first-order valence-electron chi connectivity index (χ1n) is 8.50. The predicted octanol–water partition coefficient (Wildman–Crippen LogP) is 4.30. The third kappa shape index (κ3) is 4.24. The Morgan fingerprint density at radius 3 is 2.69 bits per heavy atom. The fourth-order valence-corrected chi connectivity index (χ4v) is 2.73. The van der Waals surface area contributed by atoms with Crippen LogP contribution >= 0.6 is 0 Å². The van der Waals surface area contributed by atoms with Gasteiger partial charge in [-0.05, 0) is 11.6 Å². The first-order chi connectivity index (χ1) is 12.7. The monoisotopic (exact) mass is 354 g/mol. The van der Waals surface area contributed by atoms with Crippen LogP contribution in [0.5, 0.6) is 5.75 Å². The summed E-state index contributed by atoms with van der Waals surface area (Å²) in [7, 11) is 1.32. The van der Waals surface area contributed by atoms with Crippen molar-refractivity contribution in [2.45, 2.75) is 19.4 Å². The van der Waals surface area contributed by atoms with Gasteiger partial charge < -0.3 is 18.6 Å². The summed E-state index contributed by atoms with van der Waals surface area (Å²) in [5.41, 5.74) is 2.80. The highest BCUT2D eigenvalue weighted by Crippen LogP contribution is 2.30. The van der Waals surface area contributed by atoms with E-state index in [0.717, 1.165) is 10.9 Å². The van der Waals surface area contributed by atoms with Gasteiger partial charge in [-0.3, -0.25) is 0 Å². The van der Waals surface area contributed by atoms with Crippen LogP contribution in [0.15, 0.2) is 59.2 Å². The van der Waals surface area contributed by atoms with Gasteiger partial charge in [0.2, 0.25) is 0 Å². The molecule has 2 aromatic carbocycles. The van der Waals surface area contributed by atoms with Crippen LogP contribution in [0, 0.1) is 0 Å². The Balaban J connectivity index is 1.63. The molecule has 26 heavy (non-hydrogen) atoms. The molecule has 1 unspecified atom stereocenters. The summed E-state index contributed by atoms with van der Waals surface area (Å²) in [6.07, 6.45) is 1.67. The SMILES string of the molecule is COC(=O)COc1cccc2c(COCC(C)c3ccccc3)coc12. The molecule has 0 spiro atoms. The highest BCUT2D eigenvalue weighted by atomic mass is 16.6. The minimum absolute atomic E-state index is 0.156. The third-order valence-electron chi connectivity index (χ3n) is 4.21. The minimum atomic E-state index is -0.438. The topological polar surface area (TPSA) is 57.9 Å². The van der Waals surface area contributed by atoms with Crippen LogP contribution in [0.4, 0.5) is 0 Å². The molecule has 0 amide bonds. The average Bonchev–Trinajstić information content (AvgIpc) is 3.10. The maximum Gasteiger partial charge on any atom is 0.343 e. The third-order valence-corrected chi connectivity index (χ3v) is 4.21. The second-order valence-corrected chi connectivity index (χ2v) is 6.09. The number of benzene rings is 2. The standard InChI is InChI=1S/C21H22O5/c1-15(16-7-4-3-5-8-16)11-24-12-17-13-26-21-18(17)9-6-10-19(21)25-14-20(22)23-2/h3-10,13,15H,11-12,14H2,1-2H3. The number of methoxy groups -OCH3 is 1. The van der Waals surface area contributed by atoms with Crippen molar-refractivity contribution in [2.24, 2.45) is 0 Å². The Morgan fingerprint density at radius 2 is 1.92 bits per heavy atom. The molecule has 136 valence electrons. The van der Waals surface area contributed by atoms with Crippen LogP contribution in [0.3, 0.4) is 0 Å². The van der Waals surface area contributed by atoms with Gasteiger partial charge in [0.05, 0.1) is 26.6 Å². The van der Waals surface area contributed by atoms with Gasteiger partial charge >= 0.3 is 5.97 Å².